The van der Waals surface area contributed by atoms with E-state index in [9.17, 15) is 5.11 Å². The van der Waals surface area contributed by atoms with Crippen LogP contribution in [0.4, 0.5) is 0 Å². The van der Waals surface area contributed by atoms with Crippen molar-refractivity contribution >= 4 is 7.12 Å². The lowest BCUT2D eigenvalue weighted by Gasteiger charge is -2.32. The molecule has 3 nitrogen and oxygen atoms in total. The Morgan fingerprint density at radius 1 is 1.15 bits per heavy atom. The van der Waals surface area contributed by atoms with Gasteiger partial charge in [-0.2, -0.15) is 0 Å². The Balaban J connectivity index is 2.82. The third-order valence-corrected chi connectivity index (χ3v) is 2.79. The average Bonchev–Trinajstić information content (AvgIpc) is 2.20. The first-order valence-corrected chi connectivity index (χ1v) is 4.51. The van der Waals surface area contributed by atoms with Crippen molar-refractivity contribution in [2.45, 2.75) is 45.8 Å². The van der Waals surface area contributed by atoms with Gasteiger partial charge in [-0.1, -0.05) is 6.08 Å². The largest absolute Gasteiger partial charge is 0.531 e. The minimum atomic E-state index is -0.616. The second-order valence-corrected chi connectivity index (χ2v) is 4.30. The number of rotatable bonds is 1. The number of aliphatic hydroxyl groups excluding tert-OH is 1. The molecule has 74 valence electrons. The molecule has 0 bridgehead atoms. The van der Waals surface area contributed by atoms with Crippen molar-refractivity contribution in [2.24, 2.45) is 0 Å². The zero-order valence-electron chi connectivity index (χ0n) is 8.92. The van der Waals surface area contributed by atoms with Crippen molar-refractivity contribution in [3.8, 4) is 0 Å². The molecule has 1 N–H and O–H groups in total. The van der Waals surface area contributed by atoms with E-state index in [1.54, 1.807) is 13.0 Å². The summed E-state index contributed by atoms with van der Waals surface area (Å²) in [5.41, 5.74) is -0.623. The molecule has 1 rings (SSSR count). The van der Waals surface area contributed by atoms with Crippen molar-refractivity contribution in [3.05, 3.63) is 11.7 Å². The fourth-order valence-corrected chi connectivity index (χ4v) is 1.10. The van der Waals surface area contributed by atoms with E-state index in [0.29, 0.717) is 0 Å². The lowest BCUT2D eigenvalue weighted by atomic mass is 9.87. The summed E-state index contributed by atoms with van der Waals surface area (Å²) in [7, 11) is -0.616. The van der Waals surface area contributed by atoms with Gasteiger partial charge in [0.05, 0.1) is 11.2 Å². The molecule has 0 aromatic rings. The smallest absolute Gasteiger partial charge is 0.516 e. The van der Waals surface area contributed by atoms with E-state index in [0.717, 1.165) is 0 Å². The van der Waals surface area contributed by atoms with Crippen molar-refractivity contribution < 1.29 is 14.4 Å². The summed E-state index contributed by atoms with van der Waals surface area (Å²) in [6, 6.07) is 0. The molecule has 0 amide bonds. The standard InChI is InChI=1S/C9H17BO3/c1-6-7(11)10-12-8(2,3)9(4,5)13-10/h6,11H,1-5H3. The van der Waals surface area contributed by atoms with Crippen LogP contribution in [-0.4, -0.2) is 23.4 Å². The fourth-order valence-electron chi connectivity index (χ4n) is 1.10. The highest BCUT2D eigenvalue weighted by atomic mass is 16.7. The molecule has 0 spiro atoms. The van der Waals surface area contributed by atoms with Crippen molar-refractivity contribution in [1.82, 2.24) is 0 Å². The van der Waals surface area contributed by atoms with Gasteiger partial charge in [-0.05, 0) is 34.6 Å². The van der Waals surface area contributed by atoms with Crippen LogP contribution in [0.5, 0.6) is 0 Å². The summed E-state index contributed by atoms with van der Waals surface area (Å²) in [6.07, 6.45) is 1.59. The summed E-state index contributed by atoms with van der Waals surface area (Å²) in [5.74, 6) is 0. The molecule has 4 heteroatoms. The third-order valence-electron chi connectivity index (χ3n) is 2.79. The molecule has 1 aliphatic rings. The Labute approximate surface area is 79.9 Å². The Kier molecular flexibility index (Phi) is 2.47. The Bertz CT molecular complexity index is 217. The summed E-state index contributed by atoms with van der Waals surface area (Å²) in [4.78, 5) is 0. The lowest BCUT2D eigenvalue weighted by molar-refractivity contribution is 0.00578. The topological polar surface area (TPSA) is 38.7 Å². The van der Waals surface area contributed by atoms with Crippen LogP contribution in [0.25, 0.3) is 0 Å². The van der Waals surface area contributed by atoms with Gasteiger partial charge >= 0.3 is 7.12 Å². The van der Waals surface area contributed by atoms with Crippen LogP contribution in [0.1, 0.15) is 34.6 Å². The van der Waals surface area contributed by atoms with Crippen LogP contribution in [0, 0.1) is 0 Å². The predicted molar refractivity (Wildman–Crippen MR) is 52.5 cm³/mol. The van der Waals surface area contributed by atoms with Crippen LogP contribution in [0.15, 0.2) is 11.7 Å². The molecule has 0 aliphatic carbocycles. The molecule has 1 fully saturated rings. The van der Waals surface area contributed by atoms with Crippen molar-refractivity contribution in [3.63, 3.8) is 0 Å². The van der Waals surface area contributed by atoms with Gasteiger partial charge in [-0.15, -0.1) is 0 Å². The minimum Gasteiger partial charge on any atom is -0.516 e. The normalized spacial score (nSPS) is 26.5. The average molecular weight is 184 g/mol. The highest BCUT2D eigenvalue weighted by molar-refractivity contribution is 6.53. The van der Waals surface area contributed by atoms with Crippen molar-refractivity contribution in [1.29, 1.82) is 0 Å². The molecular weight excluding hydrogens is 167 g/mol. The Hall–Kier alpha value is -0.475. The van der Waals surface area contributed by atoms with Crippen LogP contribution < -0.4 is 0 Å². The van der Waals surface area contributed by atoms with Gasteiger partial charge in [0.15, 0.2) is 0 Å². The molecule has 0 atom stereocenters. The second kappa shape index (κ2) is 3.03. The van der Waals surface area contributed by atoms with E-state index in [4.69, 9.17) is 9.31 Å². The van der Waals surface area contributed by atoms with Crippen LogP contribution >= 0.6 is 0 Å². The Morgan fingerprint density at radius 3 is 1.85 bits per heavy atom. The molecule has 13 heavy (non-hydrogen) atoms. The maximum atomic E-state index is 9.43. The highest BCUT2D eigenvalue weighted by Crippen LogP contribution is 2.37. The molecule has 1 saturated heterocycles. The van der Waals surface area contributed by atoms with E-state index in [1.165, 1.54) is 0 Å². The monoisotopic (exact) mass is 184 g/mol. The first kappa shape index (κ1) is 10.6. The molecule has 0 aromatic heterocycles. The summed E-state index contributed by atoms with van der Waals surface area (Å²) >= 11 is 0. The summed E-state index contributed by atoms with van der Waals surface area (Å²) in [6.45, 7) is 9.57. The fraction of sp³-hybridized carbons (Fsp3) is 0.778. The number of hydrogen-bond donors (Lipinski definition) is 1. The van der Waals surface area contributed by atoms with Gasteiger partial charge in [0.1, 0.15) is 5.66 Å². The lowest BCUT2D eigenvalue weighted by Crippen LogP contribution is -2.41. The molecular formula is C9H17BO3. The minimum absolute atomic E-state index is 0.138. The van der Waals surface area contributed by atoms with Gasteiger partial charge in [-0.3, -0.25) is 0 Å². The molecule has 0 unspecified atom stereocenters. The highest BCUT2D eigenvalue weighted by Gasteiger charge is 2.52. The van der Waals surface area contributed by atoms with E-state index >= 15 is 0 Å². The Morgan fingerprint density at radius 2 is 1.54 bits per heavy atom. The number of aliphatic hydroxyl groups is 1. The third kappa shape index (κ3) is 1.74. The van der Waals surface area contributed by atoms with Crippen LogP contribution in [0.3, 0.4) is 0 Å². The molecule has 0 aromatic carbocycles. The maximum absolute atomic E-state index is 9.43. The van der Waals surface area contributed by atoms with E-state index in [2.05, 4.69) is 0 Å². The van der Waals surface area contributed by atoms with Crippen molar-refractivity contribution in [2.75, 3.05) is 0 Å². The second-order valence-electron chi connectivity index (χ2n) is 4.30. The zero-order chi connectivity index (χ0) is 10.3. The maximum Gasteiger partial charge on any atom is 0.531 e. The van der Waals surface area contributed by atoms with Crippen LogP contribution in [-0.2, 0) is 9.31 Å². The van der Waals surface area contributed by atoms with E-state index < -0.39 is 7.12 Å². The summed E-state index contributed by atoms with van der Waals surface area (Å²) in [5, 5.41) is 9.43. The van der Waals surface area contributed by atoms with Gasteiger partial charge in [0.25, 0.3) is 0 Å². The van der Waals surface area contributed by atoms with E-state index in [-0.39, 0.29) is 16.9 Å². The first-order valence-electron chi connectivity index (χ1n) is 4.51. The van der Waals surface area contributed by atoms with Gasteiger partial charge in [0, 0.05) is 0 Å². The molecule has 0 radical (unpaired) electrons. The summed E-state index contributed by atoms with van der Waals surface area (Å²) < 4.78 is 11.2. The molecule has 1 aliphatic heterocycles. The van der Waals surface area contributed by atoms with Gasteiger partial charge < -0.3 is 14.4 Å². The van der Waals surface area contributed by atoms with Gasteiger partial charge in [-0.25, -0.2) is 0 Å². The quantitative estimate of drug-likeness (QED) is 0.500. The SMILES string of the molecule is CC=C(O)B1OC(C)(C)C(C)(C)O1. The molecule has 1 heterocycles. The van der Waals surface area contributed by atoms with Gasteiger partial charge in [0.2, 0.25) is 0 Å². The number of hydrogen-bond acceptors (Lipinski definition) is 3. The van der Waals surface area contributed by atoms with Crippen LogP contribution in [0.2, 0.25) is 0 Å². The number of allylic oxidation sites excluding steroid dienone is 1. The predicted octanol–water partition coefficient (Wildman–Crippen LogP) is 2.08. The van der Waals surface area contributed by atoms with E-state index in [1.807, 2.05) is 27.7 Å². The zero-order valence-corrected chi connectivity index (χ0v) is 8.92. The molecule has 0 saturated carbocycles. The first-order chi connectivity index (χ1) is 5.80.